The molecular weight excluding hydrogens is 233 g/mol. The zero-order chi connectivity index (χ0) is 10.3. The predicted molar refractivity (Wildman–Crippen MR) is 47.2 cm³/mol. The number of methoxy groups -OCH3 is 2. The molecule has 0 saturated carbocycles. The molecule has 0 aliphatic rings. The Hall–Kier alpha value is -1.12. The van der Waals surface area contributed by atoms with Crippen molar-refractivity contribution in [2.75, 3.05) is 21.3 Å². The molecule has 1 aromatic heterocycles. The third kappa shape index (κ3) is 4.79. The van der Waals surface area contributed by atoms with Gasteiger partial charge in [0.25, 0.3) is 0 Å². The first-order valence-corrected chi connectivity index (χ1v) is 3.32. The van der Waals surface area contributed by atoms with E-state index in [1.54, 1.807) is 0 Å². The Bertz CT molecular complexity index is 238. The molecule has 0 aromatic carbocycles. The standard InChI is InChI=1S/C5H7N4O2.CH4N.Co/c1-10-4-7-3(6)8-5(9-4)11-2;1-2;/h1-2H3,(H-,6,7,8,9);2H,1H3;/q2*-1;+2. The van der Waals surface area contributed by atoms with Gasteiger partial charge in [0, 0.05) is 5.95 Å². The molecular formula is C6H11CoN5O2. The molecule has 2 N–H and O–H groups in total. The zero-order valence-electron chi connectivity index (χ0n) is 7.99. The minimum absolute atomic E-state index is 0. The van der Waals surface area contributed by atoms with E-state index in [0.29, 0.717) is 0 Å². The number of nitrogens with zero attached hydrogens (tertiary/aromatic N) is 3. The van der Waals surface area contributed by atoms with Crippen LogP contribution in [0.1, 0.15) is 0 Å². The summed E-state index contributed by atoms with van der Waals surface area (Å²) in [5, 5.41) is 0. The van der Waals surface area contributed by atoms with Crippen LogP contribution in [0.25, 0.3) is 11.5 Å². The Labute approximate surface area is 92.4 Å². The molecule has 0 unspecified atom stereocenters. The molecule has 1 rings (SSSR count). The van der Waals surface area contributed by atoms with Crippen molar-refractivity contribution in [1.29, 1.82) is 0 Å². The first-order valence-electron chi connectivity index (χ1n) is 3.32. The summed E-state index contributed by atoms with van der Waals surface area (Å²) >= 11 is 0. The molecule has 14 heavy (non-hydrogen) atoms. The van der Waals surface area contributed by atoms with Gasteiger partial charge >= 0.3 is 16.8 Å². The van der Waals surface area contributed by atoms with Gasteiger partial charge in [0.2, 0.25) is 12.0 Å². The molecule has 0 fully saturated rings. The summed E-state index contributed by atoms with van der Waals surface area (Å²) in [6, 6.07) is 0.170. The molecule has 0 aliphatic heterocycles. The summed E-state index contributed by atoms with van der Waals surface area (Å²) in [5.74, 6) is -0.172. The van der Waals surface area contributed by atoms with E-state index in [1.807, 2.05) is 0 Å². The van der Waals surface area contributed by atoms with Crippen LogP contribution >= 0.6 is 0 Å². The fourth-order valence-corrected chi connectivity index (χ4v) is 0.521. The second-order valence-electron chi connectivity index (χ2n) is 1.63. The average molecular weight is 244 g/mol. The van der Waals surface area contributed by atoms with Gasteiger partial charge in [0.1, 0.15) is 0 Å². The number of rotatable bonds is 2. The monoisotopic (exact) mass is 244 g/mol. The quantitative estimate of drug-likeness (QED) is 0.778. The van der Waals surface area contributed by atoms with Gasteiger partial charge in [-0.25, -0.2) is 0 Å². The number of nitrogens with one attached hydrogen (secondary N) is 2. The summed E-state index contributed by atoms with van der Waals surface area (Å²) in [6.07, 6.45) is 0. The second kappa shape index (κ2) is 8.47. The van der Waals surface area contributed by atoms with Crippen LogP contribution in [-0.2, 0) is 16.8 Å². The van der Waals surface area contributed by atoms with E-state index in [4.69, 9.17) is 11.5 Å². The van der Waals surface area contributed by atoms with E-state index < -0.39 is 0 Å². The van der Waals surface area contributed by atoms with Crippen molar-refractivity contribution in [3.8, 4) is 12.0 Å². The van der Waals surface area contributed by atoms with Gasteiger partial charge in [-0.3, -0.25) is 0 Å². The van der Waals surface area contributed by atoms with Gasteiger partial charge in [-0.15, -0.1) is 0 Å². The molecule has 0 bridgehead atoms. The van der Waals surface area contributed by atoms with Crippen molar-refractivity contribution >= 4 is 5.95 Å². The Morgan fingerprint density at radius 2 is 1.29 bits per heavy atom. The molecule has 1 aromatic rings. The van der Waals surface area contributed by atoms with Gasteiger partial charge in [-0.05, 0) is 0 Å². The van der Waals surface area contributed by atoms with Crippen molar-refractivity contribution in [1.82, 2.24) is 15.0 Å². The summed E-state index contributed by atoms with van der Waals surface area (Å²) in [7, 11) is 4.07. The van der Waals surface area contributed by atoms with Crippen LogP contribution < -0.4 is 9.47 Å². The van der Waals surface area contributed by atoms with E-state index in [1.165, 1.54) is 21.3 Å². The summed E-state index contributed by atoms with van der Waals surface area (Å²) < 4.78 is 9.35. The number of hydrogen-bond donors (Lipinski definition) is 0. The fraction of sp³-hybridized carbons (Fsp3) is 0.500. The average Bonchev–Trinajstić information content (AvgIpc) is 2.20. The van der Waals surface area contributed by atoms with Crippen LogP contribution in [-0.4, -0.2) is 36.2 Å². The molecule has 0 atom stereocenters. The molecule has 0 amide bonds. The predicted octanol–water partition coefficient (Wildman–Crippen LogP) is 1.24. The molecule has 0 aliphatic carbocycles. The topological polar surface area (TPSA) is 105 Å². The maximum Gasteiger partial charge on any atom is 2.00 e. The minimum Gasteiger partial charge on any atom is -0.680 e. The van der Waals surface area contributed by atoms with Gasteiger partial charge in [0.15, 0.2) is 0 Å². The van der Waals surface area contributed by atoms with Crippen LogP contribution in [0, 0.1) is 0 Å². The first-order chi connectivity index (χ1) is 6.26. The minimum atomic E-state index is -0.172. The summed E-state index contributed by atoms with van der Waals surface area (Å²) in [4.78, 5) is 10.8. The maximum absolute atomic E-state index is 7.06. The third-order valence-corrected chi connectivity index (χ3v) is 0.960. The largest absolute Gasteiger partial charge is 2.00 e. The number of aromatic nitrogens is 3. The van der Waals surface area contributed by atoms with Crippen LogP contribution in [0.2, 0.25) is 0 Å². The van der Waals surface area contributed by atoms with E-state index in [9.17, 15) is 0 Å². The number of ether oxygens (including phenoxy) is 2. The van der Waals surface area contributed by atoms with Gasteiger partial charge < -0.3 is 30.9 Å². The molecule has 0 saturated heterocycles. The van der Waals surface area contributed by atoms with Crippen molar-refractivity contribution in [2.45, 2.75) is 0 Å². The van der Waals surface area contributed by atoms with Crippen LogP contribution in [0.15, 0.2) is 0 Å². The van der Waals surface area contributed by atoms with Crippen molar-refractivity contribution in [3.63, 3.8) is 0 Å². The molecule has 81 valence electrons. The van der Waals surface area contributed by atoms with E-state index in [2.05, 4.69) is 24.4 Å². The van der Waals surface area contributed by atoms with Crippen molar-refractivity contribution in [2.24, 2.45) is 0 Å². The maximum atomic E-state index is 7.06. The van der Waals surface area contributed by atoms with Crippen molar-refractivity contribution in [3.05, 3.63) is 11.5 Å². The zero-order valence-corrected chi connectivity index (χ0v) is 9.03. The van der Waals surface area contributed by atoms with Crippen LogP contribution in [0.3, 0.4) is 0 Å². The van der Waals surface area contributed by atoms with Crippen LogP contribution in [0.4, 0.5) is 5.95 Å². The normalized spacial score (nSPS) is 7.71. The van der Waals surface area contributed by atoms with Gasteiger partial charge in [-0.2, -0.15) is 12.0 Å². The Morgan fingerprint density at radius 1 is 0.929 bits per heavy atom. The first kappa shape index (κ1) is 15.4. The Balaban J connectivity index is 0. The summed E-state index contributed by atoms with van der Waals surface area (Å²) in [6.45, 7) is 0. The van der Waals surface area contributed by atoms with Gasteiger partial charge in [0.05, 0.1) is 14.2 Å². The van der Waals surface area contributed by atoms with E-state index in [-0.39, 0.29) is 34.7 Å². The SMILES string of the molecule is COc1nc([NH-])nc(OC)n1.C[NH-].[Co+2]. The van der Waals surface area contributed by atoms with E-state index >= 15 is 0 Å². The molecule has 8 heteroatoms. The smallest absolute Gasteiger partial charge is 0.680 e. The third-order valence-electron chi connectivity index (χ3n) is 0.960. The summed E-state index contributed by atoms with van der Waals surface area (Å²) in [5.41, 5.74) is 12.8. The molecule has 1 heterocycles. The molecule has 7 nitrogen and oxygen atoms in total. The second-order valence-corrected chi connectivity index (χ2v) is 1.63. The Kier molecular flexibility index (Phi) is 9.29. The fourth-order valence-electron chi connectivity index (χ4n) is 0.521. The Morgan fingerprint density at radius 3 is 1.57 bits per heavy atom. The number of hydrogen-bond acceptors (Lipinski definition) is 5. The van der Waals surface area contributed by atoms with Gasteiger partial charge in [-0.1, -0.05) is 0 Å². The van der Waals surface area contributed by atoms with Crippen LogP contribution in [0.5, 0.6) is 12.0 Å². The van der Waals surface area contributed by atoms with Crippen molar-refractivity contribution < 1.29 is 26.3 Å². The van der Waals surface area contributed by atoms with E-state index in [0.717, 1.165) is 0 Å². The molecule has 1 radical (unpaired) electrons. The molecule has 0 spiro atoms.